The van der Waals surface area contributed by atoms with Crippen LogP contribution in [0.3, 0.4) is 0 Å². The number of esters is 1. The first-order chi connectivity index (χ1) is 17.6. The van der Waals surface area contributed by atoms with Gasteiger partial charge in [0.15, 0.2) is 17.7 Å². The van der Waals surface area contributed by atoms with Gasteiger partial charge in [0.1, 0.15) is 10.8 Å². The molecular formula is C26H27F4NO5S. The zero-order valence-electron chi connectivity index (χ0n) is 20.6. The number of hydrogen-bond donors (Lipinski definition) is 0. The molecule has 3 rings (SSSR count). The largest absolute Gasteiger partial charge is 0.573 e. The molecule has 1 heterocycles. The van der Waals surface area contributed by atoms with E-state index in [-0.39, 0.29) is 31.1 Å². The van der Waals surface area contributed by atoms with Crippen molar-refractivity contribution in [3.05, 3.63) is 64.4 Å². The predicted molar refractivity (Wildman–Crippen MR) is 130 cm³/mol. The van der Waals surface area contributed by atoms with Gasteiger partial charge in [-0.1, -0.05) is 6.07 Å². The average molecular weight is 542 g/mol. The van der Waals surface area contributed by atoms with Gasteiger partial charge in [0, 0.05) is 29.9 Å². The Morgan fingerprint density at radius 2 is 1.81 bits per heavy atom. The van der Waals surface area contributed by atoms with E-state index in [9.17, 15) is 22.4 Å². The minimum Gasteiger partial charge on any atom is -0.490 e. The lowest BCUT2D eigenvalue weighted by molar-refractivity contribution is -0.274. The first kappa shape index (κ1) is 28.4. The van der Waals surface area contributed by atoms with Gasteiger partial charge in [-0.2, -0.15) is 0 Å². The van der Waals surface area contributed by atoms with Crippen LogP contribution in [-0.4, -0.2) is 43.2 Å². The molecule has 0 aliphatic rings. The molecule has 37 heavy (non-hydrogen) atoms. The molecule has 1 aromatic heterocycles. The number of aryl methyl sites for hydroxylation is 1. The SMILES string of the molecule is CCOC(=O)C(Cc1ccc(OCCc2nc(-c3ccc(OC(F)(F)F)cc3)sc2C)c(F)c1)OCC. The molecule has 0 bridgehead atoms. The van der Waals surface area contributed by atoms with Gasteiger partial charge in [0.2, 0.25) is 0 Å². The van der Waals surface area contributed by atoms with E-state index >= 15 is 0 Å². The fourth-order valence-corrected chi connectivity index (χ4v) is 4.45. The Kier molecular flexibility index (Phi) is 9.87. The van der Waals surface area contributed by atoms with Crippen LogP contribution >= 0.6 is 11.3 Å². The molecule has 3 aromatic rings. The summed E-state index contributed by atoms with van der Waals surface area (Å²) >= 11 is 1.40. The Bertz CT molecular complexity index is 1180. The Morgan fingerprint density at radius 1 is 1.08 bits per heavy atom. The van der Waals surface area contributed by atoms with Crippen molar-refractivity contribution in [2.24, 2.45) is 0 Å². The molecule has 200 valence electrons. The van der Waals surface area contributed by atoms with Crippen LogP contribution in [0, 0.1) is 12.7 Å². The Hall–Kier alpha value is -3.18. The summed E-state index contributed by atoms with van der Waals surface area (Å²) in [5.74, 6) is -1.29. The Morgan fingerprint density at radius 3 is 2.43 bits per heavy atom. The van der Waals surface area contributed by atoms with Crippen LogP contribution in [0.15, 0.2) is 42.5 Å². The van der Waals surface area contributed by atoms with Crippen LogP contribution in [0.5, 0.6) is 11.5 Å². The van der Waals surface area contributed by atoms with Crippen molar-refractivity contribution in [1.82, 2.24) is 4.98 Å². The second-order valence-corrected chi connectivity index (χ2v) is 9.06. The van der Waals surface area contributed by atoms with Crippen molar-refractivity contribution >= 4 is 17.3 Å². The van der Waals surface area contributed by atoms with E-state index in [1.165, 1.54) is 47.7 Å². The number of nitrogens with zero attached hydrogens (tertiary/aromatic N) is 1. The maximum Gasteiger partial charge on any atom is 0.573 e. The van der Waals surface area contributed by atoms with E-state index in [0.29, 0.717) is 29.2 Å². The molecule has 0 amide bonds. The number of aromatic nitrogens is 1. The smallest absolute Gasteiger partial charge is 0.490 e. The van der Waals surface area contributed by atoms with Gasteiger partial charge in [0.05, 0.1) is 18.9 Å². The summed E-state index contributed by atoms with van der Waals surface area (Å²) in [4.78, 5) is 17.5. The van der Waals surface area contributed by atoms with Gasteiger partial charge < -0.3 is 18.9 Å². The molecule has 11 heteroatoms. The average Bonchev–Trinajstić information content (AvgIpc) is 3.20. The number of halogens is 4. The minimum atomic E-state index is -4.75. The van der Waals surface area contributed by atoms with Gasteiger partial charge in [-0.15, -0.1) is 24.5 Å². The summed E-state index contributed by atoms with van der Waals surface area (Å²) in [6, 6.07) is 9.96. The van der Waals surface area contributed by atoms with Crippen LogP contribution in [0.1, 0.15) is 30.0 Å². The molecule has 0 aliphatic heterocycles. The van der Waals surface area contributed by atoms with Gasteiger partial charge in [-0.3, -0.25) is 0 Å². The molecule has 0 saturated heterocycles. The molecule has 1 unspecified atom stereocenters. The third-order valence-electron chi connectivity index (χ3n) is 5.16. The van der Waals surface area contributed by atoms with Crippen LogP contribution < -0.4 is 9.47 Å². The van der Waals surface area contributed by atoms with E-state index in [2.05, 4.69) is 9.72 Å². The van der Waals surface area contributed by atoms with Gasteiger partial charge in [0.25, 0.3) is 0 Å². The molecule has 0 spiro atoms. The summed E-state index contributed by atoms with van der Waals surface area (Å²) in [6.45, 7) is 6.07. The number of alkyl halides is 3. The molecule has 0 fully saturated rings. The topological polar surface area (TPSA) is 66.9 Å². The molecule has 6 nitrogen and oxygen atoms in total. The number of carbonyl (C=O) groups excluding carboxylic acids is 1. The van der Waals surface area contributed by atoms with E-state index in [1.54, 1.807) is 19.9 Å². The lowest BCUT2D eigenvalue weighted by Gasteiger charge is -2.16. The number of rotatable bonds is 12. The molecule has 0 saturated carbocycles. The fourth-order valence-electron chi connectivity index (χ4n) is 3.49. The highest BCUT2D eigenvalue weighted by Crippen LogP contribution is 2.31. The molecule has 1 atom stereocenters. The quantitative estimate of drug-likeness (QED) is 0.198. The standard InChI is InChI=1S/C26H27F4NO5S/c1-4-33-23(25(32)34-5-2)15-17-6-11-22(20(27)14-17)35-13-12-21-16(3)37-24(31-21)18-7-9-19(10-8-18)36-26(28,29)30/h6-11,14,23H,4-5,12-13,15H2,1-3H3. The maximum absolute atomic E-state index is 14.6. The molecule has 2 aromatic carbocycles. The van der Waals surface area contributed by atoms with Crippen LogP contribution in [0.25, 0.3) is 10.6 Å². The first-order valence-corrected chi connectivity index (χ1v) is 12.4. The summed E-state index contributed by atoms with van der Waals surface area (Å²) in [5.41, 5.74) is 1.98. The predicted octanol–water partition coefficient (Wildman–Crippen LogP) is 6.29. The minimum absolute atomic E-state index is 0.0706. The molecule has 0 N–H and O–H groups in total. The lowest BCUT2D eigenvalue weighted by atomic mass is 10.1. The van der Waals surface area contributed by atoms with E-state index in [4.69, 9.17) is 14.2 Å². The maximum atomic E-state index is 14.6. The highest BCUT2D eigenvalue weighted by atomic mass is 32.1. The second kappa shape index (κ2) is 12.9. The second-order valence-electron chi connectivity index (χ2n) is 7.86. The zero-order valence-corrected chi connectivity index (χ0v) is 21.4. The molecule has 0 radical (unpaired) electrons. The van der Waals surface area contributed by atoms with Crippen molar-refractivity contribution in [2.45, 2.75) is 46.1 Å². The molecule has 0 aliphatic carbocycles. The van der Waals surface area contributed by atoms with Crippen molar-refractivity contribution < 1.29 is 41.3 Å². The van der Waals surface area contributed by atoms with Crippen LogP contribution in [0.4, 0.5) is 17.6 Å². The zero-order chi connectivity index (χ0) is 27.0. The fraction of sp³-hybridized carbons (Fsp3) is 0.385. The van der Waals surface area contributed by atoms with Crippen molar-refractivity contribution in [2.75, 3.05) is 19.8 Å². The van der Waals surface area contributed by atoms with Crippen molar-refractivity contribution in [3.63, 3.8) is 0 Å². The van der Waals surface area contributed by atoms with Crippen LogP contribution in [-0.2, 0) is 27.1 Å². The number of hydrogen-bond acceptors (Lipinski definition) is 7. The summed E-state index contributed by atoms with van der Waals surface area (Å²) in [6.07, 6.45) is -4.98. The Balaban J connectivity index is 1.58. The number of benzene rings is 2. The van der Waals surface area contributed by atoms with Gasteiger partial charge >= 0.3 is 12.3 Å². The van der Waals surface area contributed by atoms with Crippen molar-refractivity contribution in [3.8, 4) is 22.1 Å². The van der Waals surface area contributed by atoms with Gasteiger partial charge in [-0.05, 0) is 62.7 Å². The summed E-state index contributed by atoms with van der Waals surface area (Å²) < 4.78 is 71.6. The normalized spacial score (nSPS) is 12.3. The highest BCUT2D eigenvalue weighted by Gasteiger charge is 2.31. The van der Waals surface area contributed by atoms with Gasteiger partial charge in [-0.25, -0.2) is 14.2 Å². The number of ether oxygens (including phenoxy) is 4. The van der Waals surface area contributed by atoms with Crippen LogP contribution in [0.2, 0.25) is 0 Å². The number of carbonyl (C=O) groups is 1. The highest BCUT2D eigenvalue weighted by molar-refractivity contribution is 7.15. The Labute approximate surface area is 216 Å². The van der Waals surface area contributed by atoms with Crippen molar-refractivity contribution in [1.29, 1.82) is 0 Å². The summed E-state index contributed by atoms with van der Waals surface area (Å²) in [5, 5.41) is 0.645. The van der Waals surface area contributed by atoms with E-state index < -0.39 is 24.3 Å². The van der Waals surface area contributed by atoms with E-state index in [1.807, 2.05) is 6.92 Å². The molecular weight excluding hydrogens is 514 g/mol. The monoisotopic (exact) mass is 541 g/mol. The number of thiazole rings is 1. The first-order valence-electron chi connectivity index (χ1n) is 11.6. The summed E-state index contributed by atoms with van der Waals surface area (Å²) in [7, 11) is 0. The van der Waals surface area contributed by atoms with E-state index in [0.717, 1.165) is 10.6 Å². The third kappa shape index (κ3) is 8.43. The third-order valence-corrected chi connectivity index (χ3v) is 6.22. The lowest BCUT2D eigenvalue weighted by Crippen LogP contribution is -2.29.